The number of rotatable bonds is 8. The van der Waals surface area contributed by atoms with Crippen molar-refractivity contribution in [3.8, 4) is 16.9 Å². The van der Waals surface area contributed by atoms with Crippen LogP contribution in [0.25, 0.3) is 16.7 Å². The normalized spacial score (nSPS) is 15.8. The number of allylic oxidation sites excluding steroid dienone is 2. The van der Waals surface area contributed by atoms with Gasteiger partial charge in [0.05, 0.1) is 6.61 Å². The van der Waals surface area contributed by atoms with Crippen molar-refractivity contribution in [1.82, 2.24) is 0 Å². The van der Waals surface area contributed by atoms with Crippen LogP contribution in [-0.2, 0) is 12.8 Å². The van der Waals surface area contributed by atoms with Crippen LogP contribution in [0.5, 0.6) is 5.75 Å². The fourth-order valence-electron chi connectivity index (χ4n) is 4.69. The molecule has 1 nitrogen and oxygen atoms in total. The molecule has 178 valence electrons. The quantitative estimate of drug-likeness (QED) is 0.324. The Hall–Kier alpha value is -3.01. The van der Waals surface area contributed by atoms with Crippen LogP contribution < -0.4 is 4.74 Å². The Morgan fingerprint density at radius 3 is 2.29 bits per heavy atom. The van der Waals surface area contributed by atoms with Crippen LogP contribution in [0.1, 0.15) is 56.2 Å². The fourth-order valence-corrected chi connectivity index (χ4v) is 4.69. The summed E-state index contributed by atoms with van der Waals surface area (Å²) >= 11 is 0. The minimum Gasteiger partial charge on any atom is -0.494 e. The van der Waals surface area contributed by atoms with Crippen LogP contribution in [0.15, 0.2) is 60.7 Å². The van der Waals surface area contributed by atoms with Crippen molar-refractivity contribution in [3.05, 3.63) is 94.8 Å². The number of hydrogen-bond acceptors (Lipinski definition) is 1. The minimum absolute atomic E-state index is 0.266. The number of ether oxygens (including phenoxy) is 1. The van der Waals surface area contributed by atoms with E-state index in [0.717, 1.165) is 43.2 Å². The van der Waals surface area contributed by atoms with Crippen LogP contribution in [0.2, 0.25) is 0 Å². The predicted molar refractivity (Wildman–Crippen MR) is 132 cm³/mol. The lowest BCUT2D eigenvalue weighted by atomic mass is 9.83. The molecule has 3 aromatic rings. The third kappa shape index (κ3) is 5.38. The Balaban J connectivity index is 1.39. The lowest BCUT2D eigenvalue weighted by Crippen LogP contribution is -2.08. The minimum atomic E-state index is -0.779. The molecule has 0 amide bonds. The van der Waals surface area contributed by atoms with Gasteiger partial charge < -0.3 is 4.74 Å². The zero-order valence-electron chi connectivity index (χ0n) is 19.8. The van der Waals surface area contributed by atoms with Crippen molar-refractivity contribution >= 4 is 5.57 Å². The smallest absolute Gasteiger partial charge is 0.166 e. The molecule has 4 rings (SSSR count). The van der Waals surface area contributed by atoms with Crippen molar-refractivity contribution in [2.45, 2.75) is 52.4 Å². The van der Waals surface area contributed by atoms with E-state index in [0.29, 0.717) is 46.9 Å². The summed E-state index contributed by atoms with van der Waals surface area (Å²) in [6.07, 6.45) is 6.76. The van der Waals surface area contributed by atoms with E-state index in [-0.39, 0.29) is 5.82 Å². The van der Waals surface area contributed by atoms with E-state index in [2.05, 4.69) is 13.0 Å². The van der Waals surface area contributed by atoms with E-state index in [1.54, 1.807) is 24.3 Å². The van der Waals surface area contributed by atoms with Crippen molar-refractivity contribution in [2.24, 2.45) is 5.92 Å². The van der Waals surface area contributed by atoms with Crippen LogP contribution in [0, 0.1) is 23.4 Å². The lowest BCUT2D eigenvalue weighted by Gasteiger charge is -2.23. The Kier molecular flexibility index (Phi) is 7.77. The number of halogens is 3. The van der Waals surface area contributed by atoms with Gasteiger partial charge in [-0.05, 0) is 85.8 Å². The summed E-state index contributed by atoms with van der Waals surface area (Å²) in [4.78, 5) is 0. The second-order valence-corrected chi connectivity index (χ2v) is 8.93. The second-order valence-electron chi connectivity index (χ2n) is 8.93. The predicted octanol–water partition coefficient (Wildman–Crippen LogP) is 8.55. The van der Waals surface area contributed by atoms with Crippen molar-refractivity contribution < 1.29 is 17.9 Å². The highest BCUT2D eigenvalue weighted by Gasteiger charge is 2.20. The van der Waals surface area contributed by atoms with Gasteiger partial charge >= 0.3 is 0 Å². The average Bonchev–Trinajstić information content (AvgIpc) is 2.86. The highest BCUT2D eigenvalue weighted by molar-refractivity contribution is 5.67. The van der Waals surface area contributed by atoms with Gasteiger partial charge in [0.15, 0.2) is 11.6 Å². The van der Waals surface area contributed by atoms with E-state index in [1.807, 2.05) is 31.2 Å². The first kappa shape index (κ1) is 24.1. The fraction of sp³-hybridized carbons (Fsp3) is 0.333. The molecule has 1 aliphatic carbocycles. The number of benzene rings is 3. The highest BCUT2D eigenvalue weighted by Crippen LogP contribution is 2.35. The summed E-state index contributed by atoms with van der Waals surface area (Å²) in [7, 11) is 0. The first-order valence-corrected chi connectivity index (χ1v) is 12.2. The molecule has 1 atom stereocenters. The van der Waals surface area contributed by atoms with Gasteiger partial charge in [-0.2, -0.15) is 0 Å². The number of aryl methyl sites for hydroxylation is 2. The first-order chi connectivity index (χ1) is 16.5. The van der Waals surface area contributed by atoms with Crippen molar-refractivity contribution in [1.29, 1.82) is 0 Å². The second kappa shape index (κ2) is 10.9. The molecule has 0 radical (unpaired) electrons. The van der Waals surface area contributed by atoms with Crippen LogP contribution in [0.3, 0.4) is 0 Å². The Bertz CT molecular complexity index is 1160. The molecular weight excluding hydrogens is 433 g/mol. The lowest BCUT2D eigenvalue weighted by molar-refractivity contribution is 0.338. The van der Waals surface area contributed by atoms with Gasteiger partial charge in [0, 0.05) is 17.2 Å². The molecule has 0 aliphatic heterocycles. The number of hydrogen-bond donors (Lipinski definition) is 0. The zero-order valence-corrected chi connectivity index (χ0v) is 19.8. The van der Waals surface area contributed by atoms with E-state index in [9.17, 15) is 13.2 Å². The topological polar surface area (TPSA) is 9.23 Å². The van der Waals surface area contributed by atoms with E-state index in [1.165, 1.54) is 6.07 Å². The molecule has 0 N–H and O–H groups in total. The van der Waals surface area contributed by atoms with Gasteiger partial charge in [-0.25, -0.2) is 13.2 Å². The van der Waals surface area contributed by atoms with Gasteiger partial charge in [0.1, 0.15) is 11.6 Å². The summed E-state index contributed by atoms with van der Waals surface area (Å²) in [5, 5.41) is 0. The highest BCUT2D eigenvalue weighted by atomic mass is 19.2. The van der Waals surface area contributed by atoms with Gasteiger partial charge in [0.25, 0.3) is 0 Å². The molecule has 4 heteroatoms. The maximum absolute atomic E-state index is 14.8. The Morgan fingerprint density at radius 2 is 1.65 bits per heavy atom. The monoisotopic (exact) mass is 464 g/mol. The van der Waals surface area contributed by atoms with Crippen LogP contribution >= 0.6 is 0 Å². The van der Waals surface area contributed by atoms with Gasteiger partial charge in [-0.1, -0.05) is 49.4 Å². The van der Waals surface area contributed by atoms with E-state index < -0.39 is 11.6 Å². The van der Waals surface area contributed by atoms with Gasteiger partial charge in [-0.3, -0.25) is 0 Å². The molecule has 0 saturated heterocycles. The molecule has 1 aliphatic rings. The summed E-state index contributed by atoms with van der Waals surface area (Å²) in [6, 6.07) is 16.0. The molecule has 0 fully saturated rings. The molecule has 0 saturated carbocycles. The van der Waals surface area contributed by atoms with Gasteiger partial charge in [0.2, 0.25) is 0 Å². The largest absolute Gasteiger partial charge is 0.494 e. The zero-order chi connectivity index (χ0) is 24.1. The average molecular weight is 465 g/mol. The Labute approximate surface area is 200 Å². The summed E-state index contributed by atoms with van der Waals surface area (Å²) < 4.78 is 49.5. The van der Waals surface area contributed by atoms with Crippen molar-refractivity contribution in [3.63, 3.8) is 0 Å². The Morgan fingerprint density at radius 1 is 0.882 bits per heavy atom. The first-order valence-electron chi connectivity index (χ1n) is 12.2. The molecule has 0 spiro atoms. The van der Waals surface area contributed by atoms with E-state index in [4.69, 9.17) is 4.74 Å². The summed E-state index contributed by atoms with van der Waals surface area (Å²) in [5.41, 5.74) is 4.19. The molecule has 34 heavy (non-hydrogen) atoms. The molecule has 0 aromatic heterocycles. The van der Waals surface area contributed by atoms with Crippen LogP contribution in [-0.4, -0.2) is 6.61 Å². The molecule has 0 heterocycles. The standard InChI is InChI=1S/C30H31F3O/c1-3-20-5-10-23(11-6-20)27-17-15-24(29(32)30(27)33)14-9-21-7-12-22(13-8-21)26-18-16-25(34-4-2)19-28(26)31/h5-6,10-12,15-19,21H,3-4,7-9,13-14H2,1-2H3. The maximum atomic E-state index is 14.8. The van der Waals surface area contributed by atoms with Gasteiger partial charge in [-0.15, -0.1) is 0 Å². The third-order valence-electron chi connectivity index (χ3n) is 6.77. The van der Waals surface area contributed by atoms with Crippen LogP contribution in [0.4, 0.5) is 13.2 Å². The molecule has 3 aromatic carbocycles. The van der Waals surface area contributed by atoms with Crippen molar-refractivity contribution in [2.75, 3.05) is 6.61 Å². The summed E-state index contributed by atoms with van der Waals surface area (Å²) in [5.74, 6) is -0.883. The molecular formula is C30H31F3O. The third-order valence-corrected chi connectivity index (χ3v) is 6.77. The molecule has 1 unspecified atom stereocenters. The SMILES string of the molecule is CCOc1ccc(C2=CCC(CCc3ccc(-c4ccc(CC)cc4)c(F)c3F)CC2)c(F)c1. The van der Waals surface area contributed by atoms with E-state index >= 15 is 0 Å². The maximum Gasteiger partial charge on any atom is 0.166 e. The molecule has 0 bridgehead atoms. The summed E-state index contributed by atoms with van der Waals surface area (Å²) in [6.45, 7) is 4.43.